The fourth-order valence-electron chi connectivity index (χ4n) is 1.95. The summed E-state index contributed by atoms with van der Waals surface area (Å²) in [7, 11) is 0. The third kappa shape index (κ3) is 2.35. The number of aryl methyl sites for hydroxylation is 1. The van der Waals surface area contributed by atoms with Gasteiger partial charge in [-0.2, -0.15) is 23.4 Å². The van der Waals surface area contributed by atoms with Gasteiger partial charge in [-0.25, -0.2) is 9.50 Å². The van der Waals surface area contributed by atoms with Crippen molar-refractivity contribution in [3.8, 4) is 11.3 Å². The minimum atomic E-state index is -4.56. The minimum absolute atomic E-state index is 0.0364. The molecule has 3 aromatic heterocycles. The minimum Gasteiger partial charge on any atom is -0.272 e. The lowest BCUT2D eigenvalue weighted by Gasteiger charge is -2.10. The van der Waals surface area contributed by atoms with Crippen molar-refractivity contribution in [2.75, 3.05) is 0 Å². The molecule has 0 saturated carbocycles. The molecule has 0 aliphatic rings. The Labute approximate surface area is 122 Å². The SMILES string of the molecule is CCn1cc(-c2cc(C(F)(F)F)n3ncc(Cl)c3n2)cn1. The number of nitrogens with zero attached hydrogens (tertiary/aromatic N) is 5. The Morgan fingerprint density at radius 2 is 2.00 bits per heavy atom. The van der Waals surface area contributed by atoms with E-state index in [9.17, 15) is 13.2 Å². The van der Waals surface area contributed by atoms with Gasteiger partial charge in [0.05, 0.1) is 18.1 Å². The summed E-state index contributed by atoms with van der Waals surface area (Å²) in [6.45, 7) is 2.49. The van der Waals surface area contributed by atoms with Crippen LogP contribution in [0.4, 0.5) is 13.2 Å². The van der Waals surface area contributed by atoms with Gasteiger partial charge in [0.2, 0.25) is 0 Å². The monoisotopic (exact) mass is 315 g/mol. The van der Waals surface area contributed by atoms with Crippen LogP contribution >= 0.6 is 11.6 Å². The molecule has 3 rings (SSSR count). The molecule has 0 aliphatic carbocycles. The Balaban J connectivity index is 2.26. The molecule has 0 bridgehead atoms. The molecule has 0 atom stereocenters. The first-order valence-electron chi connectivity index (χ1n) is 6.04. The van der Waals surface area contributed by atoms with E-state index in [1.54, 1.807) is 10.9 Å². The first-order chi connectivity index (χ1) is 9.90. The Bertz CT molecular complexity index is 805. The largest absolute Gasteiger partial charge is 0.433 e. The van der Waals surface area contributed by atoms with E-state index in [0.717, 1.165) is 12.3 Å². The van der Waals surface area contributed by atoms with Crippen molar-refractivity contribution >= 4 is 17.2 Å². The number of rotatable bonds is 2. The van der Waals surface area contributed by atoms with E-state index in [0.29, 0.717) is 16.6 Å². The molecule has 9 heteroatoms. The highest BCUT2D eigenvalue weighted by Crippen LogP contribution is 2.33. The van der Waals surface area contributed by atoms with Gasteiger partial charge in [0, 0.05) is 18.3 Å². The van der Waals surface area contributed by atoms with Gasteiger partial charge in [0.1, 0.15) is 5.02 Å². The predicted molar refractivity (Wildman–Crippen MR) is 69.9 cm³/mol. The first-order valence-corrected chi connectivity index (χ1v) is 6.42. The highest BCUT2D eigenvalue weighted by Gasteiger charge is 2.35. The highest BCUT2D eigenvalue weighted by atomic mass is 35.5. The quantitative estimate of drug-likeness (QED) is 0.729. The van der Waals surface area contributed by atoms with Crippen molar-refractivity contribution in [3.63, 3.8) is 0 Å². The number of alkyl halides is 3. The maximum absolute atomic E-state index is 13.1. The molecule has 110 valence electrons. The molecular weight excluding hydrogens is 307 g/mol. The zero-order valence-corrected chi connectivity index (χ0v) is 11.5. The summed E-state index contributed by atoms with van der Waals surface area (Å²) >= 11 is 5.85. The van der Waals surface area contributed by atoms with Crippen molar-refractivity contribution in [2.24, 2.45) is 0 Å². The van der Waals surface area contributed by atoms with Gasteiger partial charge < -0.3 is 0 Å². The average Bonchev–Trinajstić information content (AvgIpc) is 3.04. The molecule has 0 N–H and O–H groups in total. The lowest BCUT2D eigenvalue weighted by Crippen LogP contribution is -2.13. The van der Waals surface area contributed by atoms with Gasteiger partial charge in [-0.05, 0) is 13.0 Å². The molecular formula is C12H9ClF3N5. The number of hydrogen-bond acceptors (Lipinski definition) is 3. The van der Waals surface area contributed by atoms with Crippen molar-refractivity contribution in [2.45, 2.75) is 19.6 Å². The van der Waals surface area contributed by atoms with Crippen LogP contribution in [0.1, 0.15) is 12.6 Å². The number of halogens is 4. The first kappa shape index (κ1) is 13.9. The van der Waals surface area contributed by atoms with Crippen LogP contribution in [0.3, 0.4) is 0 Å². The molecule has 0 aliphatic heterocycles. The van der Waals surface area contributed by atoms with Crippen LogP contribution in [0, 0.1) is 0 Å². The molecule has 0 radical (unpaired) electrons. The molecule has 0 aromatic carbocycles. The Morgan fingerprint density at radius 1 is 1.24 bits per heavy atom. The smallest absolute Gasteiger partial charge is 0.272 e. The molecule has 0 unspecified atom stereocenters. The van der Waals surface area contributed by atoms with Gasteiger partial charge in [-0.15, -0.1) is 0 Å². The number of hydrogen-bond donors (Lipinski definition) is 0. The van der Waals surface area contributed by atoms with E-state index in [2.05, 4.69) is 15.2 Å². The summed E-state index contributed by atoms with van der Waals surface area (Å²) in [5.74, 6) is 0. The topological polar surface area (TPSA) is 48.0 Å². The third-order valence-electron chi connectivity index (χ3n) is 2.97. The fourth-order valence-corrected chi connectivity index (χ4v) is 2.12. The fraction of sp³-hybridized carbons (Fsp3) is 0.250. The summed E-state index contributed by atoms with van der Waals surface area (Å²) in [5, 5.41) is 7.72. The lowest BCUT2D eigenvalue weighted by molar-refractivity contribution is -0.142. The zero-order valence-electron chi connectivity index (χ0n) is 10.8. The lowest BCUT2D eigenvalue weighted by atomic mass is 10.2. The molecule has 0 spiro atoms. The van der Waals surface area contributed by atoms with Gasteiger partial charge in [0.15, 0.2) is 11.3 Å². The Kier molecular flexibility index (Phi) is 3.12. The average molecular weight is 316 g/mol. The predicted octanol–water partition coefficient (Wildman–Crippen LogP) is 3.28. The normalized spacial score (nSPS) is 12.2. The summed E-state index contributed by atoms with van der Waals surface area (Å²) < 4.78 is 41.7. The van der Waals surface area contributed by atoms with E-state index in [1.165, 1.54) is 6.20 Å². The second kappa shape index (κ2) is 4.73. The van der Waals surface area contributed by atoms with Crippen LogP contribution in [0.15, 0.2) is 24.7 Å². The Morgan fingerprint density at radius 3 is 2.62 bits per heavy atom. The van der Waals surface area contributed by atoms with Gasteiger partial charge in [0.25, 0.3) is 0 Å². The van der Waals surface area contributed by atoms with Crippen LogP contribution < -0.4 is 0 Å². The molecule has 0 amide bonds. The molecule has 3 aromatic rings. The molecule has 3 heterocycles. The summed E-state index contributed by atoms with van der Waals surface area (Å²) in [6.07, 6.45) is -0.333. The van der Waals surface area contributed by atoms with E-state index in [1.807, 2.05) is 6.92 Å². The third-order valence-corrected chi connectivity index (χ3v) is 3.24. The van der Waals surface area contributed by atoms with Crippen molar-refractivity contribution in [3.05, 3.63) is 35.4 Å². The van der Waals surface area contributed by atoms with E-state index >= 15 is 0 Å². The van der Waals surface area contributed by atoms with Crippen molar-refractivity contribution < 1.29 is 13.2 Å². The number of fused-ring (bicyclic) bond motifs is 1. The molecule has 5 nitrogen and oxygen atoms in total. The standard InChI is InChI=1S/C12H9ClF3N5/c1-2-20-6-7(4-17-20)9-3-10(12(14,15)16)21-11(19-9)8(13)5-18-21/h3-6H,2H2,1H3. The second-order valence-corrected chi connectivity index (χ2v) is 4.74. The molecule has 21 heavy (non-hydrogen) atoms. The number of aromatic nitrogens is 5. The maximum Gasteiger partial charge on any atom is 0.433 e. The van der Waals surface area contributed by atoms with E-state index < -0.39 is 11.9 Å². The maximum atomic E-state index is 13.1. The summed E-state index contributed by atoms with van der Waals surface area (Å²) in [4.78, 5) is 4.14. The summed E-state index contributed by atoms with van der Waals surface area (Å²) in [5.41, 5.74) is -0.330. The van der Waals surface area contributed by atoms with Crippen LogP contribution in [-0.4, -0.2) is 24.4 Å². The van der Waals surface area contributed by atoms with Crippen LogP contribution in [-0.2, 0) is 12.7 Å². The Hall–Kier alpha value is -2.09. The van der Waals surface area contributed by atoms with E-state index in [-0.39, 0.29) is 16.4 Å². The van der Waals surface area contributed by atoms with Gasteiger partial charge in [-0.3, -0.25) is 4.68 Å². The van der Waals surface area contributed by atoms with Gasteiger partial charge in [-0.1, -0.05) is 11.6 Å². The highest BCUT2D eigenvalue weighted by molar-refractivity contribution is 6.33. The van der Waals surface area contributed by atoms with Crippen LogP contribution in [0.5, 0.6) is 0 Å². The molecule has 0 saturated heterocycles. The van der Waals surface area contributed by atoms with Gasteiger partial charge >= 0.3 is 6.18 Å². The molecule has 0 fully saturated rings. The zero-order chi connectivity index (χ0) is 15.2. The summed E-state index contributed by atoms with van der Waals surface area (Å²) in [6, 6.07) is 0.938. The van der Waals surface area contributed by atoms with Crippen LogP contribution in [0.2, 0.25) is 5.02 Å². The van der Waals surface area contributed by atoms with Crippen molar-refractivity contribution in [1.82, 2.24) is 24.4 Å². The van der Waals surface area contributed by atoms with E-state index in [4.69, 9.17) is 11.6 Å². The van der Waals surface area contributed by atoms with Crippen LogP contribution in [0.25, 0.3) is 16.9 Å². The second-order valence-electron chi connectivity index (χ2n) is 4.34. The van der Waals surface area contributed by atoms with Crippen molar-refractivity contribution in [1.29, 1.82) is 0 Å².